The Morgan fingerprint density at radius 1 is 1.20 bits per heavy atom. The fourth-order valence-corrected chi connectivity index (χ4v) is 2.84. The summed E-state index contributed by atoms with van der Waals surface area (Å²) in [7, 11) is 0. The summed E-state index contributed by atoms with van der Waals surface area (Å²) in [4.78, 5) is 25.8. The molecule has 0 N–H and O–H groups in total. The molecule has 1 amide bonds. The van der Waals surface area contributed by atoms with Crippen LogP contribution in [-0.2, 0) is 15.7 Å². The lowest BCUT2D eigenvalue weighted by molar-refractivity contribution is -0.150. The maximum Gasteiger partial charge on any atom is 0.417 e. The summed E-state index contributed by atoms with van der Waals surface area (Å²) >= 11 is 0. The maximum atomic E-state index is 13.1. The molecular weight excluding hydrogens is 335 g/mol. The SMILES string of the molecule is CCCCOC(=O)C1CCN(C(=O)c2ccccc2C(F)(F)F)CC1. The lowest BCUT2D eigenvalue weighted by Crippen LogP contribution is -2.41. The van der Waals surface area contributed by atoms with E-state index in [1.54, 1.807) is 0 Å². The zero-order chi connectivity index (χ0) is 18.4. The van der Waals surface area contributed by atoms with Gasteiger partial charge in [-0.1, -0.05) is 25.5 Å². The van der Waals surface area contributed by atoms with Gasteiger partial charge in [0.15, 0.2) is 0 Å². The molecule has 25 heavy (non-hydrogen) atoms. The number of halogens is 3. The Morgan fingerprint density at radius 2 is 1.84 bits per heavy atom. The number of amides is 1. The maximum absolute atomic E-state index is 13.1. The molecule has 0 aliphatic carbocycles. The van der Waals surface area contributed by atoms with Crippen molar-refractivity contribution in [2.45, 2.75) is 38.8 Å². The van der Waals surface area contributed by atoms with Gasteiger partial charge >= 0.3 is 12.1 Å². The van der Waals surface area contributed by atoms with Crippen LogP contribution in [0.2, 0.25) is 0 Å². The number of nitrogens with zero attached hydrogens (tertiary/aromatic N) is 1. The van der Waals surface area contributed by atoms with Crippen LogP contribution in [0.3, 0.4) is 0 Å². The molecule has 1 saturated heterocycles. The molecule has 0 spiro atoms. The molecule has 7 heteroatoms. The molecule has 1 fully saturated rings. The number of hydrogen-bond donors (Lipinski definition) is 0. The second-order valence-electron chi connectivity index (χ2n) is 6.13. The highest BCUT2D eigenvalue weighted by Crippen LogP contribution is 2.33. The Kier molecular flexibility index (Phi) is 6.45. The average Bonchev–Trinajstić information content (AvgIpc) is 2.60. The zero-order valence-corrected chi connectivity index (χ0v) is 14.1. The molecule has 1 aliphatic heterocycles. The van der Waals surface area contributed by atoms with Gasteiger partial charge in [-0.2, -0.15) is 13.2 Å². The van der Waals surface area contributed by atoms with Crippen LogP contribution in [0, 0.1) is 5.92 Å². The van der Waals surface area contributed by atoms with E-state index in [0.717, 1.165) is 18.9 Å². The van der Waals surface area contributed by atoms with Crippen LogP contribution in [0.1, 0.15) is 48.5 Å². The van der Waals surface area contributed by atoms with E-state index in [2.05, 4.69) is 0 Å². The van der Waals surface area contributed by atoms with Crippen molar-refractivity contribution in [1.29, 1.82) is 0 Å². The molecule has 0 saturated carbocycles. The number of benzene rings is 1. The highest BCUT2D eigenvalue weighted by Gasteiger charge is 2.37. The third-order valence-electron chi connectivity index (χ3n) is 4.32. The van der Waals surface area contributed by atoms with E-state index >= 15 is 0 Å². The molecule has 0 atom stereocenters. The minimum Gasteiger partial charge on any atom is -0.465 e. The van der Waals surface area contributed by atoms with Gasteiger partial charge in [0, 0.05) is 13.1 Å². The standard InChI is InChI=1S/C18H22F3NO3/c1-2-3-12-25-17(24)13-8-10-22(11-9-13)16(23)14-6-4-5-7-15(14)18(19,20)21/h4-7,13H,2-3,8-12H2,1H3. The molecule has 1 aromatic rings. The molecule has 2 rings (SSSR count). The summed E-state index contributed by atoms with van der Waals surface area (Å²) in [5.41, 5.74) is -1.28. The molecule has 138 valence electrons. The van der Waals surface area contributed by atoms with E-state index in [1.807, 2.05) is 6.92 Å². The summed E-state index contributed by atoms with van der Waals surface area (Å²) in [6, 6.07) is 4.78. The Bertz CT molecular complexity index is 608. The summed E-state index contributed by atoms with van der Waals surface area (Å²) in [5, 5.41) is 0. The van der Waals surface area contributed by atoms with Gasteiger partial charge in [-0.15, -0.1) is 0 Å². The molecule has 0 aromatic heterocycles. The normalized spacial score (nSPS) is 15.9. The summed E-state index contributed by atoms with van der Waals surface area (Å²) in [5.74, 6) is -1.22. The van der Waals surface area contributed by atoms with Crippen molar-refractivity contribution in [3.63, 3.8) is 0 Å². The zero-order valence-electron chi connectivity index (χ0n) is 14.1. The van der Waals surface area contributed by atoms with Gasteiger partial charge in [0.1, 0.15) is 0 Å². The Hall–Kier alpha value is -2.05. The number of carbonyl (C=O) groups is 2. The van der Waals surface area contributed by atoms with Crippen LogP contribution < -0.4 is 0 Å². The second-order valence-corrected chi connectivity index (χ2v) is 6.13. The largest absolute Gasteiger partial charge is 0.465 e. The lowest BCUT2D eigenvalue weighted by Gasteiger charge is -2.31. The van der Waals surface area contributed by atoms with Crippen molar-refractivity contribution in [3.8, 4) is 0 Å². The van der Waals surface area contributed by atoms with Crippen molar-refractivity contribution in [2.24, 2.45) is 5.92 Å². The molecular formula is C18H22F3NO3. The number of hydrogen-bond acceptors (Lipinski definition) is 3. The fourth-order valence-electron chi connectivity index (χ4n) is 2.84. The first-order valence-electron chi connectivity index (χ1n) is 8.46. The minimum atomic E-state index is -4.58. The van der Waals surface area contributed by atoms with Gasteiger partial charge in [-0.25, -0.2) is 0 Å². The van der Waals surface area contributed by atoms with Crippen LogP contribution in [0.5, 0.6) is 0 Å². The Balaban J connectivity index is 1.97. The van der Waals surface area contributed by atoms with E-state index in [-0.39, 0.29) is 30.5 Å². The van der Waals surface area contributed by atoms with E-state index in [0.29, 0.717) is 19.4 Å². The molecule has 1 heterocycles. The van der Waals surface area contributed by atoms with Gasteiger partial charge in [0.05, 0.1) is 23.7 Å². The first kappa shape index (κ1) is 19.3. The van der Waals surface area contributed by atoms with Crippen molar-refractivity contribution in [3.05, 3.63) is 35.4 Å². The van der Waals surface area contributed by atoms with E-state index < -0.39 is 17.6 Å². The van der Waals surface area contributed by atoms with Crippen LogP contribution in [-0.4, -0.2) is 36.5 Å². The van der Waals surface area contributed by atoms with Gasteiger partial charge in [0.2, 0.25) is 0 Å². The summed E-state index contributed by atoms with van der Waals surface area (Å²) < 4.78 is 44.4. The first-order valence-corrected chi connectivity index (χ1v) is 8.46. The van der Waals surface area contributed by atoms with Crippen molar-refractivity contribution in [1.82, 2.24) is 4.90 Å². The Morgan fingerprint density at radius 3 is 2.44 bits per heavy atom. The van der Waals surface area contributed by atoms with Crippen LogP contribution >= 0.6 is 0 Å². The van der Waals surface area contributed by atoms with Gasteiger partial charge in [-0.05, 0) is 31.4 Å². The quantitative estimate of drug-likeness (QED) is 0.593. The monoisotopic (exact) mass is 357 g/mol. The highest BCUT2D eigenvalue weighted by atomic mass is 19.4. The number of esters is 1. The van der Waals surface area contributed by atoms with E-state index in [4.69, 9.17) is 4.74 Å². The van der Waals surface area contributed by atoms with E-state index in [1.165, 1.54) is 23.1 Å². The second kappa shape index (κ2) is 8.36. The van der Waals surface area contributed by atoms with Gasteiger partial charge in [0.25, 0.3) is 5.91 Å². The van der Waals surface area contributed by atoms with Crippen molar-refractivity contribution < 1.29 is 27.5 Å². The van der Waals surface area contributed by atoms with Gasteiger partial charge in [-0.3, -0.25) is 9.59 Å². The van der Waals surface area contributed by atoms with Crippen molar-refractivity contribution in [2.75, 3.05) is 19.7 Å². The molecule has 0 radical (unpaired) electrons. The highest BCUT2D eigenvalue weighted by molar-refractivity contribution is 5.96. The smallest absolute Gasteiger partial charge is 0.417 e. The third-order valence-corrected chi connectivity index (χ3v) is 4.32. The van der Waals surface area contributed by atoms with E-state index in [9.17, 15) is 22.8 Å². The number of ether oxygens (including phenoxy) is 1. The number of unbranched alkanes of at least 4 members (excludes halogenated alkanes) is 1. The van der Waals surface area contributed by atoms with Gasteiger partial charge < -0.3 is 9.64 Å². The Labute approximate surface area is 144 Å². The van der Waals surface area contributed by atoms with Crippen molar-refractivity contribution >= 4 is 11.9 Å². The molecule has 0 bridgehead atoms. The predicted molar refractivity (Wildman–Crippen MR) is 85.9 cm³/mol. The molecule has 1 aliphatic rings. The molecule has 0 unspecified atom stereocenters. The minimum absolute atomic E-state index is 0.249. The number of carbonyl (C=O) groups excluding carboxylic acids is 2. The average molecular weight is 357 g/mol. The predicted octanol–water partition coefficient (Wildman–Crippen LogP) is 3.90. The number of likely N-dealkylation sites (tertiary alicyclic amines) is 1. The fraction of sp³-hybridized carbons (Fsp3) is 0.556. The number of alkyl halides is 3. The van der Waals surface area contributed by atoms with Crippen LogP contribution in [0.25, 0.3) is 0 Å². The molecule has 1 aromatic carbocycles. The molecule has 4 nitrogen and oxygen atoms in total. The van der Waals surface area contributed by atoms with Crippen LogP contribution in [0.15, 0.2) is 24.3 Å². The first-order chi connectivity index (χ1) is 11.8. The topological polar surface area (TPSA) is 46.6 Å². The van der Waals surface area contributed by atoms with Crippen LogP contribution in [0.4, 0.5) is 13.2 Å². The summed E-state index contributed by atoms with van der Waals surface area (Å²) in [6.45, 7) is 2.88. The number of rotatable bonds is 5. The third kappa shape index (κ3) is 4.96. The lowest BCUT2D eigenvalue weighted by atomic mass is 9.96. The summed E-state index contributed by atoms with van der Waals surface area (Å²) in [6.07, 6.45) is -2.03. The number of piperidine rings is 1.